The van der Waals surface area contributed by atoms with Gasteiger partial charge in [-0.15, -0.1) is 0 Å². The number of aromatic nitrogens is 1. The van der Waals surface area contributed by atoms with E-state index in [0.717, 1.165) is 18.4 Å². The van der Waals surface area contributed by atoms with Gasteiger partial charge >= 0.3 is 6.18 Å². The van der Waals surface area contributed by atoms with E-state index in [9.17, 15) is 18.0 Å². The van der Waals surface area contributed by atoms with Gasteiger partial charge in [0.15, 0.2) is 5.69 Å². The molecule has 1 heterocycles. The summed E-state index contributed by atoms with van der Waals surface area (Å²) in [5.74, 6) is -0.478. The predicted octanol–water partition coefficient (Wildman–Crippen LogP) is 5.27. The zero-order valence-electron chi connectivity index (χ0n) is 12.5. The van der Waals surface area contributed by atoms with Crippen LogP contribution in [0.3, 0.4) is 0 Å². The number of carbonyl (C=O) groups is 1. The van der Waals surface area contributed by atoms with Crippen molar-refractivity contribution in [1.82, 2.24) is 4.98 Å². The highest BCUT2D eigenvalue weighted by molar-refractivity contribution is 6.30. The molecule has 0 fully saturated rings. The van der Waals surface area contributed by atoms with E-state index in [0.29, 0.717) is 16.3 Å². The fraction of sp³-hybridized carbons (Fsp3) is 0.0588. The molecule has 2 aromatic carbocycles. The van der Waals surface area contributed by atoms with Gasteiger partial charge in [0, 0.05) is 16.3 Å². The first-order valence-corrected chi connectivity index (χ1v) is 7.41. The third kappa shape index (κ3) is 4.00. The van der Waals surface area contributed by atoms with Crippen LogP contribution >= 0.6 is 11.6 Å². The van der Waals surface area contributed by atoms with Gasteiger partial charge in [0.05, 0.1) is 5.56 Å². The van der Waals surface area contributed by atoms with Crippen molar-refractivity contribution in [2.24, 2.45) is 0 Å². The van der Waals surface area contributed by atoms with Crippen molar-refractivity contribution in [3.8, 4) is 11.5 Å². The number of hydrogen-bond acceptors (Lipinski definition) is 3. The van der Waals surface area contributed by atoms with E-state index >= 15 is 0 Å². The third-order valence-corrected chi connectivity index (χ3v) is 3.51. The summed E-state index contributed by atoms with van der Waals surface area (Å²) in [5.41, 5.74) is 0.0305. The maximum absolute atomic E-state index is 12.6. The molecule has 0 radical (unpaired) electrons. The highest BCUT2D eigenvalue weighted by atomic mass is 35.5. The minimum atomic E-state index is -4.42. The third-order valence-electron chi connectivity index (χ3n) is 3.28. The van der Waals surface area contributed by atoms with E-state index in [4.69, 9.17) is 16.0 Å². The molecule has 0 saturated carbocycles. The second kappa shape index (κ2) is 6.60. The summed E-state index contributed by atoms with van der Waals surface area (Å²) < 4.78 is 42.9. The Hall–Kier alpha value is -2.80. The minimum absolute atomic E-state index is 0.00475. The number of nitrogens with zero attached hydrogens (tertiary/aromatic N) is 1. The molecule has 3 aromatic rings. The molecular weight excluding hydrogens is 357 g/mol. The van der Waals surface area contributed by atoms with Crippen molar-refractivity contribution in [3.63, 3.8) is 0 Å². The van der Waals surface area contributed by atoms with Crippen LogP contribution in [0, 0.1) is 0 Å². The molecule has 1 amide bonds. The van der Waals surface area contributed by atoms with Crippen molar-refractivity contribution in [3.05, 3.63) is 71.1 Å². The lowest BCUT2D eigenvalue weighted by molar-refractivity contribution is -0.137. The molecule has 1 N–H and O–H groups in total. The molecule has 0 aliphatic carbocycles. The van der Waals surface area contributed by atoms with Crippen LogP contribution in [0.1, 0.15) is 16.1 Å². The maximum Gasteiger partial charge on any atom is 0.416 e. The van der Waals surface area contributed by atoms with Crippen molar-refractivity contribution in [1.29, 1.82) is 0 Å². The second-order valence-electron chi connectivity index (χ2n) is 5.08. The Bertz CT molecular complexity index is 905. The zero-order valence-corrected chi connectivity index (χ0v) is 13.2. The minimum Gasteiger partial charge on any atom is -0.444 e. The van der Waals surface area contributed by atoms with Gasteiger partial charge in [-0.25, -0.2) is 4.98 Å². The van der Waals surface area contributed by atoms with Gasteiger partial charge in [-0.3, -0.25) is 4.79 Å². The summed E-state index contributed by atoms with van der Waals surface area (Å²) in [6, 6.07) is 10.9. The van der Waals surface area contributed by atoms with Gasteiger partial charge in [0.1, 0.15) is 6.26 Å². The highest BCUT2D eigenvalue weighted by Crippen LogP contribution is 2.30. The van der Waals surface area contributed by atoms with Crippen molar-refractivity contribution < 1.29 is 22.4 Å². The number of oxazole rings is 1. The van der Waals surface area contributed by atoms with Crippen LogP contribution in [0.2, 0.25) is 5.02 Å². The van der Waals surface area contributed by atoms with Gasteiger partial charge in [-0.05, 0) is 42.5 Å². The summed E-state index contributed by atoms with van der Waals surface area (Å²) in [6.45, 7) is 0. The number of halogens is 4. The van der Waals surface area contributed by atoms with E-state index in [2.05, 4.69) is 10.3 Å². The topological polar surface area (TPSA) is 55.1 Å². The van der Waals surface area contributed by atoms with Gasteiger partial charge in [0.2, 0.25) is 5.89 Å². The summed E-state index contributed by atoms with van der Waals surface area (Å²) in [6.07, 6.45) is -3.29. The molecule has 0 unspecified atom stereocenters. The van der Waals surface area contributed by atoms with Crippen molar-refractivity contribution in [2.75, 3.05) is 5.32 Å². The lowest BCUT2D eigenvalue weighted by Gasteiger charge is -2.06. The Labute approximate surface area is 145 Å². The van der Waals surface area contributed by atoms with Gasteiger partial charge in [-0.1, -0.05) is 17.7 Å². The Morgan fingerprint density at radius 1 is 1.12 bits per heavy atom. The first-order valence-electron chi connectivity index (χ1n) is 7.03. The Balaban J connectivity index is 1.76. The normalized spacial score (nSPS) is 11.4. The molecule has 0 aliphatic rings. The molecule has 128 valence electrons. The predicted molar refractivity (Wildman–Crippen MR) is 86.3 cm³/mol. The molecule has 4 nitrogen and oxygen atoms in total. The number of nitrogens with one attached hydrogen (secondary N) is 1. The summed E-state index contributed by atoms with van der Waals surface area (Å²) in [4.78, 5) is 16.1. The van der Waals surface area contributed by atoms with Crippen LogP contribution in [0.15, 0.2) is 59.2 Å². The van der Waals surface area contributed by atoms with E-state index < -0.39 is 17.6 Å². The summed E-state index contributed by atoms with van der Waals surface area (Å²) in [7, 11) is 0. The number of hydrogen-bond donors (Lipinski definition) is 1. The van der Waals surface area contributed by atoms with Crippen LogP contribution in [0.5, 0.6) is 0 Å². The van der Waals surface area contributed by atoms with E-state index in [-0.39, 0.29) is 11.6 Å². The van der Waals surface area contributed by atoms with E-state index in [1.54, 1.807) is 24.3 Å². The molecule has 3 rings (SSSR count). The lowest BCUT2D eigenvalue weighted by Crippen LogP contribution is -2.12. The van der Waals surface area contributed by atoms with Gasteiger partial charge in [0.25, 0.3) is 5.91 Å². The Morgan fingerprint density at radius 2 is 1.84 bits per heavy atom. The van der Waals surface area contributed by atoms with Gasteiger partial charge in [-0.2, -0.15) is 13.2 Å². The highest BCUT2D eigenvalue weighted by Gasteiger charge is 2.30. The van der Waals surface area contributed by atoms with Crippen molar-refractivity contribution in [2.45, 2.75) is 6.18 Å². The van der Waals surface area contributed by atoms with Gasteiger partial charge < -0.3 is 9.73 Å². The Kier molecular flexibility index (Phi) is 4.50. The zero-order chi connectivity index (χ0) is 18.0. The molecule has 0 atom stereocenters. The molecule has 1 aromatic heterocycles. The molecule has 0 saturated heterocycles. The molecule has 25 heavy (non-hydrogen) atoms. The smallest absolute Gasteiger partial charge is 0.416 e. The standard InChI is InChI=1S/C17H10ClF3N2O2/c18-12-2-1-3-13(8-12)22-15(24)14-9-25-16(23-14)10-4-6-11(7-5-10)17(19,20)21/h1-9H,(H,22,24). The first kappa shape index (κ1) is 17.0. The monoisotopic (exact) mass is 366 g/mol. The molecule has 0 spiro atoms. The first-order chi connectivity index (χ1) is 11.8. The number of anilines is 1. The number of carbonyl (C=O) groups excluding carboxylic acids is 1. The van der Waals surface area contributed by atoms with Crippen LogP contribution in [-0.4, -0.2) is 10.9 Å². The summed E-state index contributed by atoms with van der Waals surface area (Å²) >= 11 is 5.84. The molecule has 0 bridgehead atoms. The SMILES string of the molecule is O=C(Nc1cccc(Cl)c1)c1coc(-c2ccc(C(F)(F)F)cc2)n1. The fourth-order valence-corrected chi connectivity index (χ4v) is 2.26. The number of amides is 1. The molecular formula is C17H10ClF3N2O2. The largest absolute Gasteiger partial charge is 0.444 e. The summed E-state index contributed by atoms with van der Waals surface area (Å²) in [5, 5.41) is 3.06. The number of benzene rings is 2. The quantitative estimate of drug-likeness (QED) is 0.687. The average molecular weight is 367 g/mol. The van der Waals surface area contributed by atoms with E-state index in [1.165, 1.54) is 12.1 Å². The van der Waals surface area contributed by atoms with Crippen LogP contribution < -0.4 is 5.32 Å². The second-order valence-corrected chi connectivity index (χ2v) is 5.51. The lowest BCUT2D eigenvalue weighted by atomic mass is 10.1. The number of rotatable bonds is 3. The number of alkyl halides is 3. The molecule has 0 aliphatic heterocycles. The van der Waals surface area contributed by atoms with E-state index in [1.807, 2.05) is 0 Å². The van der Waals surface area contributed by atoms with Crippen molar-refractivity contribution >= 4 is 23.2 Å². The maximum atomic E-state index is 12.6. The average Bonchev–Trinajstić information content (AvgIpc) is 3.04. The van der Waals surface area contributed by atoms with Crippen LogP contribution in [-0.2, 0) is 6.18 Å². The van der Waals surface area contributed by atoms with Crippen LogP contribution in [0.25, 0.3) is 11.5 Å². The fourth-order valence-electron chi connectivity index (χ4n) is 2.07. The van der Waals surface area contributed by atoms with Crippen LogP contribution in [0.4, 0.5) is 18.9 Å². The Morgan fingerprint density at radius 3 is 2.48 bits per heavy atom. The molecule has 8 heteroatoms.